The van der Waals surface area contributed by atoms with E-state index in [4.69, 9.17) is 27.9 Å². The molecule has 0 saturated carbocycles. The van der Waals surface area contributed by atoms with Crippen LogP contribution >= 0.6 is 39.1 Å². The van der Waals surface area contributed by atoms with Crippen LogP contribution in [0, 0.1) is 5.92 Å². The van der Waals surface area contributed by atoms with E-state index in [0.29, 0.717) is 15.1 Å². The van der Waals surface area contributed by atoms with Crippen molar-refractivity contribution in [1.82, 2.24) is 10.7 Å². The van der Waals surface area contributed by atoms with E-state index in [9.17, 15) is 14.7 Å². The molecule has 0 aliphatic heterocycles. The third-order valence-corrected chi connectivity index (χ3v) is 5.22. The first-order chi connectivity index (χ1) is 14.1. The number of nitrogens with zero attached hydrogens (tertiary/aromatic N) is 1. The van der Waals surface area contributed by atoms with Gasteiger partial charge in [0.2, 0.25) is 0 Å². The van der Waals surface area contributed by atoms with Crippen LogP contribution in [0.4, 0.5) is 0 Å². The molecule has 2 amide bonds. The fraction of sp³-hybridized carbons (Fsp3) is 0.250. The second-order valence-electron chi connectivity index (χ2n) is 6.61. The average molecular weight is 517 g/mol. The Kier molecular flexibility index (Phi) is 8.52. The van der Waals surface area contributed by atoms with Crippen molar-refractivity contribution in [1.29, 1.82) is 0 Å². The van der Waals surface area contributed by atoms with Gasteiger partial charge in [0.05, 0.1) is 28.4 Å². The quantitative estimate of drug-likeness (QED) is 0.375. The van der Waals surface area contributed by atoms with Crippen LogP contribution in [0.3, 0.4) is 0 Å². The number of ether oxygens (including phenoxy) is 1. The van der Waals surface area contributed by atoms with E-state index >= 15 is 0 Å². The standard InChI is InChI=1S/C20H20BrCl2N3O4/c1-10(2)17(25-19(28)13-5-4-12(22)8-15(13)23)20(29)26-24-9-11-6-14(21)18(27)16(7-11)30-3/h4-10,17,27H,1-3H3,(H,25,28)(H,26,29). The molecule has 0 aliphatic rings. The molecule has 2 aromatic carbocycles. The van der Waals surface area contributed by atoms with E-state index in [1.165, 1.54) is 25.5 Å². The molecule has 1 unspecified atom stereocenters. The van der Waals surface area contributed by atoms with Gasteiger partial charge in [-0.05, 0) is 57.7 Å². The Labute approximate surface area is 192 Å². The van der Waals surface area contributed by atoms with Crippen LogP contribution in [0.15, 0.2) is 39.9 Å². The van der Waals surface area contributed by atoms with Crippen LogP contribution in [0.1, 0.15) is 29.8 Å². The molecule has 3 N–H and O–H groups in total. The van der Waals surface area contributed by atoms with Crippen molar-refractivity contribution >= 4 is 57.2 Å². The van der Waals surface area contributed by atoms with Gasteiger partial charge < -0.3 is 15.2 Å². The predicted molar refractivity (Wildman–Crippen MR) is 121 cm³/mol. The number of hydrazone groups is 1. The first-order valence-electron chi connectivity index (χ1n) is 8.79. The van der Waals surface area contributed by atoms with Gasteiger partial charge in [-0.3, -0.25) is 9.59 Å². The normalized spacial score (nSPS) is 12.1. The molecule has 0 aliphatic carbocycles. The molecule has 0 radical (unpaired) electrons. The lowest BCUT2D eigenvalue weighted by Crippen LogP contribution is -2.48. The Morgan fingerprint density at radius 2 is 1.93 bits per heavy atom. The molecule has 0 aromatic heterocycles. The SMILES string of the molecule is COc1cc(C=NNC(=O)C(NC(=O)c2ccc(Cl)cc2Cl)C(C)C)cc(Br)c1O. The summed E-state index contributed by atoms with van der Waals surface area (Å²) in [4.78, 5) is 25.1. The Hall–Kier alpha value is -2.29. The van der Waals surface area contributed by atoms with Gasteiger partial charge in [0.15, 0.2) is 11.5 Å². The number of methoxy groups -OCH3 is 1. The van der Waals surface area contributed by atoms with E-state index in [-0.39, 0.29) is 28.0 Å². The van der Waals surface area contributed by atoms with Gasteiger partial charge in [-0.1, -0.05) is 37.0 Å². The molecule has 0 spiro atoms. The van der Waals surface area contributed by atoms with E-state index in [0.717, 1.165) is 0 Å². The van der Waals surface area contributed by atoms with Gasteiger partial charge in [0, 0.05) is 5.02 Å². The van der Waals surface area contributed by atoms with Crippen LogP contribution < -0.4 is 15.5 Å². The predicted octanol–water partition coefficient (Wildman–Crippen LogP) is 4.37. The first-order valence-corrected chi connectivity index (χ1v) is 10.3. The van der Waals surface area contributed by atoms with Crippen molar-refractivity contribution in [3.8, 4) is 11.5 Å². The number of amides is 2. The smallest absolute Gasteiger partial charge is 0.262 e. The molecule has 10 heteroatoms. The molecule has 2 aromatic rings. The monoisotopic (exact) mass is 515 g/mol. The van der Waals surface area contributed by atoms with Crippen LogP contribution in [0.25, 0.3) is 0 Å². The molecule has 7 nitrogen and oxygen atoms in total. The number of carbonyl (C=O) groups is 2. The van der Waals surface area contributed by atoms with Crippen molar-refractivity contribution in [2.24, 2.45) is 11.0 Å². The zero-order valence-electron chi connectivity index (χ0n) is 16.4. The topological polar surface area (TPSA) is 100 Å². The third kappa shape index (κ3) is 6.10. The summed E-state index contributed by atoms with van der Waals surface area (Å²) in [5.41, 5.74) is 3.20. The summed E-state index contributed by atoms with van der Waals surface area (Å²) in [6.45, 7) is 3.58. The minimum Gasteiger partial charge on any atom is -0.503 e. The summed E-state index contributed by atoms with van der Waals surface area (Å²) in [6.07, 6.45) is 1.39. The molecule has 0 saturated heterocycles. The highest BCUT2D eigenvalue weighted by molar-refractivity contribution is 9.10. The highest BCUT2D eigenvalue weighted by Gasteiger charge is 2.25. The molecular weight excluding hydrogens is 497 g/mol. The lowest BCUT2D eigenvalue weighted by atomic mass is 10.0. The Balaban J connectivity index is 2.10. The van der Waals surface area contributed by atoms with E-state index in [1.807, 2.05) is 0 Å². The summed E-state index contributed by atoms with van der Waals surface area (Å²) in [7, 11) is 1.42. The number of hydrogen-bond acceptors (Lipinski definition) is 5. The Morgan fingerprint density at radius 1 is 1.23 bits per heavy atom. The lowest BCUT2D eigenvalue weighted by molar-refractivity contribution is -0.123. The highest BCUT2D eigenvalue weighted by atomic mass is 79.9. The van der Waals surface area contributed by atoms with Gasteiger partial charge in [0.25, 0.3) is 11.8 Å². The number of rotatable bonds is 7. The number of halogens is 3. The number of aromatic hydroxyl groups is 1. The van der Waals surface area contributed by atoms with Crippen LogP contribution in [-0.4, -0.2) is 36.3 Å². The molecule has 2 rings (SSSR count). The highest BCUT2D eigenvalue weighted by Crippen LogP contribution is 2.34. The number of nitrogens with one attached hydrogen (secondary N) is 2. The number of benzene rings is 2. The van der Waals surface area contributed by atoms with Crippen LogP contribution in [0.5, 0.6) is 11.5 Å². The Morgan fingerprint density at radius 3 is 2.53 bits per heavy atom. The molecule has 1 atom stereocenters. The summed E-state index contributed by atoms with van der Waals surface area (Å²) < 4.78 is 5.49. The lowest BCUT2D eigenvalue weighted by Gasteiger charge is -2.20. The zero-order chi connectivity index (χ0) is 22.4. The second kappa shape index (κ2) is 10.7. The summed E-state index contributed by atoms with van der Waals surface area (Å²) in [5.74, 6) is -0.990. The van der Waals surface area contributed by atoms with Crippen molar-refractivity contribution in [2.75, 3.05) is 7.11 Å². The molecule has 0 fully saturated rings. The van der Waals surface area contributed by atoms with E-state index in [2.05, 4.69) is 31.8 Å². The van der Waals surface area contributed by atoms with Crippen molar-refractivity contribution < 1.29 is 19.4 Å². The number of carbonyl (C=O) groups excluding carboxylic acids is 2. The van der Waals surface area contributed by atoms with Crippen molar-refractivity contribution in [2.45, 2.75) is 19.9 Å². The summed E-state index contributed by atoms with van der Waals surface area (Å²) in [6, 6.07) is 6.81. The molecular formula is C20H20BrCl2N3O4. The van der Waals surface area contributed by atoms with Crippen molar-refractivity contribution in [3.63, 3.8) is 0 Å². The van der Waals surface area contributed by atoms with Crippen LogP contribution in [-0.2, 0) is 4.79 Å². The fourth-order valence-corrected chi connectivity index (χ4v) is 3.45. The first kappa shape index (κ1) is 24.0. The van der Waals surface area contributed by atoms with Crippen LogP contribution in [0.2, 0.25) is 10.0 Å². The number of phenols is 1. The molecule has 0 bridgehead atoms. The van der Waals surface area contributed by atoms with E-state index in [1.54, 1.807) is 32.0 Å². The number of hydrogen-bond donors (Lipinski definition) is 3. The third-order valence-electron chi connectivity index (χ3n) is 4.07. The van der Waals surface area contributed by atoms with Gasteiger partial charge in [-0.15, -0.1) is 0 Å². The van der Waals surface area contributed by atoms with E-state index < -0.39 is 17.9 Å². The largest absolute Gasteiger partial charge is 0.503 e. The Bertz CT molecular complexity index is 983. The van der Waals surface area contributed by atoms with Gasteiger partial charge in [-0.2, -0.15) is 5.10 Å². The average Bonchev–Trinajstić information content (AvgIpc) is 2.68. The fourth-order valence-electron chi connectivity index (χ4n) is 2.49. The number of phenolic OH excluding ortho intramolecular Hbond substituents is 1. The second-order valence-corrected chi connectivity index (χ2v) is 8.31. The molecule has 30 heavy (non-hydrogen) atoms. The van der Waals surface area contributed by atoms with Gasteiger partial charge in [0.1, 0.15) is 6.04 Å². The minimum absolute atomic E-state index is 0.0397. The van der Waals surface area contributed by atoms with Crippen molar-refractivity contribution in [3.05, 3.63) is 56.0 Å². The van der Waals surface area contributed by atoms with Gasteiger partial charge in [-0.25, -0.2) is 5.43 Å². The van der Waals surface area contributed by atoms with Gasteiger partial charge >= 0.3 is 0 Å². The molecule has 0 heterocycles. The maximum atomic E-state index is 12.6. The minimum atomic E-state index is -0.845. The summed E-state index contributed by atoms with van der Waals surface area (Å²) in [5, 5.41) is 17.0. The zero-order valence-corrected chi connectivity index (χ0v) is 19.5. The molecule has 160 valence electrons. The maximum absolute atomic E-state index is 12.6. The summed E-state index contributed by atoms with van der Waals surface area (Å²) >= 11 is 15.1. The maximum Gasteiger partial charge on any atom is 0.262 e.